The number of nitrogens with one attached hydrogen (secondary N) is 2. The van der Waals surface area contributed by atoms with Gasteiger partial charge in [0.25, 0.3) is 0 Å². The van der Waals surface area contributed by atoms with Crippen molar-refractivity contribution in [1.29, 1.82) is 0 Å². The molecule has 0 unspecified atom stereocenters. The third-order valence-electron chi connectivity index (χ3n) is 3.48. The lowest BCUT2D eigenvalue weighted by atomic mass is 10.1. The van der Waals surface area contributed by atoms with E-state index in [1.165, 1.54) is 0 Å². The molecule has 2 N–H and O–H groups in total. The van der Waals surface area contributed by atoms with E-state index < -0.39 is 0 Å². The van der Waals surface area contributed by atoms with Gasteiger partial charge in [0.05, 0.1) is 19.5 Å². The van der Waals surface area contributed by atoms with E-state index in [1.54, 1.807) is 4.40 Å². The molecule has 0 aliphatic carbocycles. The van der Waals surface area contributed by atoms with Gasteiger partial charge in [-0.25, -0.2) is 0 Å². The molecule has 3 rings (SSSR count). The largest absolute Gasteiger partial charge is 0.347 e. The van der Waals surface area contributed by atoms with E-state index in [1.807, 2.05) is 54.7 Å². The van der Waals surface area contributed by atoms with E-state index in [4.69, 9.17) is 0 Å². The van der Waals surface area contributed by atoms with E-state index in [9.17, 15) is 9.59 Å². The summed E-state index contributed by atoms with van der Waals surface area (Å²) < 4.78 is 1.80. The second-order valence-electron chi connectivity index (χ2n) is 5.26. The Morgan fingerprint density at radius 3 is 2.54 bits per heavy atom. The van der Waals surface area contributed by atoms with Gasteiger partial charge in [-0.2, -0.15) is 0 Å². The molecule has 0 spiro atoms. The lowest BCUT2D eigenvalue weighted by Gasteiger charge is -2.06. The van der Waals surface area contributed by atoms with Crippen molar-refractivity contribution in [2.45, 2.75) is 13.0 Å². The molecular weight excluding hydrogens is 306 g/mol. The number of pyridine rings is 1. The van der Waals surface area contributed by atoms with Crippen molar-refractivity contribution >= 4 is 17.5 Å². The number of nitrogens with zero attached hydrogens (tertiary/aromatic N) is 3. The zero-order valence-corrected chi connectivity index (χ0v) is 13.0. The number of benzene rings is 1. The molecule has 0 aliphatic heterocycles. The fraction of sp³-hybridized carbons (Fsp3) is 0.176. The van der Waals surface area contributed by atoms with Crippen LogP contribution in [0.5, 0.6) is 0 Å². The molecular formula is C17H17N5O2. The first kappa shape index (κ1) is 15.7. The number of aromatic nitrogens is 3. The van der Waals surface area contributed by atoms with Gasteiger partial charge in [0.15, 0.2) is 11.5 Å². The summed E-state index contributed by atoms with van der Waals surface area (Å²) in [6, 6.07) is 15.0. The van der Waals surface area contributed by atoms with Gasteiger partial charge >= 0.3 is 0 Å². The summed E-state index contributed by atoms with van der Waals surface area (Å²) in [5.74, 6) is 0.169. The zero-order valence-electron chi connectivity index (χ0n) is 13.0. The number of hydrogen-bond donors (Lipinski definition) is 2. The van der Waals surface area contributed by atoms with Crippen molar-refractivity contribution < 1.29 is 9.59 Å². The molecule has 24 heavy (non-hydrogen) atoms. The fourth-order valence-electron chi connectivity index (χ4n) is 2.27. The van der Waals surface area contributed by atoms with Crippen LogP contribution in [0.15, 0.2) is 54.7 Å². The third kappa shape index (κ3) is 3.95. The summed E-state index contributed by atoms with van der Waals surface area (Å²) in [6.45, 7) is 0.182. The highest BCUT2D eigenvalue weighted by atomic mass is 16.2. The second-order valence-corrected chi connectivity index (χ2v) is 5.26. The van der Waals surface area contributed by atoms with Crippen LogP contribution in [0.4, 0.5) is 0 Å². The first-order valence-corrected chi connectivity index (χ1v) is 7.58. The molecule has 0 saturated heterocycles. The highest BCUT2D eigenvalue weighted by Crippen LogP contribution is 2.02. The standard InChI is InChI=1S/C17H17N5O2/c23-16(10-13-6-2-1-3-7-13)19-12-17(24)18-11-15-21-20-14-8-4-5-9-22(14)15/h1-9H,10-12H2,(H,18,24)(H,19,23). The van der Waals surface area contributed by atoms with Crippen molar-refractivity contribution in [1.82, 2.24) is 25.2 Å². The highest BCUT2D eigenvalue weighted by Gasteiger charge is 2.09. The number of carbonyl (C=O) groups excluding carboxylic acids is 2. The summed E-state index contributed by atoms with van der Waals surface area (Å²) >= 11 is 0. The zero-order chi connectivity index (χ0) is 16.8. The van der Waals surface area contributed by atoms with Crippen LogP contribution in [-0.2, 0) is 22.6 Å². The van der Waals surface area contributed by atoms with Crippen molar-refractivity contribution in [3.8, 4) is 0 Å². The number of rotatable bonds is 6. The number of carbonyl (C=O) groups is 2. The van der Waals surface area contributed by atoms with Gasteiger partial charge in [-0.05, 0) is 17.7 Å². The van der Waals surface area contributed by atoms with Crippen LogP contribution >= 0.6 is 0 Å². The minimum absolute atomic E-state index is 0.0671. The molecule has 7 nitrogen and oxygen atoms in total. The number of hydrogen-bond acceptors (Lipinski definition) is 4. The van der Waals surface area contributed by atoms with Gasteiger partial charge in [-0.1, -0.05) is 36.4 Å². The van der Waals surface area contributed by atoms with E-state index in [0.29, 0.717) is 5.82 Å². The van der Waals surface area contributed by atoms with Crippen LogP contribution in [0.3, 0.4) is 0 Å². The normalized spacial score (nSPS) is 10.5. The Bertz CT molecular complexity index is 844. The summed E-state index contributed by atoms with van der Waals surface area (Å²) in [6.07, 6.45) is 2.08. The summed E-state index contributed by atoms with van der Waals surface area (Å²) in [4.78, 5) is 23.7. The lowest BCUT2D eigenvalue weighted by molar-refractivity contribution is -0.125. The number of amides is 2. The first-order valence-electron chi connectivity index (χ1n) is 7.58. The minimum atomic E-state index is -0.274. The van der Waals surface area contributed by atoms with E-state index in [0.717, 1.165) is 11.2 Å². The Balaban J connectivity index is 1.45. The highest BCUT2D eigenvalue weighted by molar-refractivity contribution is 5.85. The molecule has 3 aromatic rings. The molecule has 0 aliphatic rings. The molecule has 122 valence electrons. The van der Waals surface area contributed by atoms with Gasteiger partial charge in [-0.3, -0.25) is 14.0 Å². The van der Waals surface area contributed by atoms with Gasteiger partial charge in [0, 0.05) is 6.20 Å². The van der Waals surface area contributed by atoms with E-state index >= 15 is 0 Å². The molecule has 7 heteroatoms. The SMILES string of the molecule is O=C(CNC(=O)Cc1ccccc1)NCc1nnc2ccccn12. The summed E-state index contributed by atoms with van der Waals surface area (Å²) in [5.41, 5.74) is 1.63. The van der Waals surface area contributed by atoms with Crippen molar-refractivity contribution in [2.75, 3.05) is 6.54 Å². The van der Waals surface area contributed by atoms with Gasteiger partial charge in [0.1, 0.15) is 0 Å². The molecule has 2 aromatic heterocycles. The van der Waals surface area contributed by atoms with Gasteiger partial charge < -0.3 is 10.6 Å². The van der Waals surface area contributed by atoms with Crippen LogP contribution in [0.25, 0.3) is 5.65 Å². The number of fused-ring (bicyclic) bond motifs is 1. The molecule has 2 heterocycles. The molecule has 0 saturated carbocycles. The average molecular weight is 323 g/mol. The smallest absolute Gasteiger partial charge is 0.239 e. The Labute approximate surface area is 138 Å². The second kappa shape index (κ2) is 7.36. The topological polar surface area (TPSA) is 88.4 Å². The van der Waals surface area contributed by atoms with Crippen molar-refractivity contribution in [3.63, 3.8) is 0 Å². The first-order chi connectivity index (χ1) is 11.7. The molecule has 1 aromatic carbocycles. The predicted molar refractivity (Wildman–Crippen MR) is 88.0 cm³/mol. The lowest BCUT2D eigenvalue weighted by Crippen LogP contribution is -2.37. The predicted octanol–water partition coefficient (Wildman–Crippen LogP) is 0.704. The summed E-state index contributed by atoms with van der Waals surface area (Å²) in [5, 5.41) is 13.4. The van der Waals surface area contributed by atoms with Crippen LogP contribution in [0, 0.1) is 0 Å². The maximum Gasteiger partial charge on any atom is 0.239 e. The van der Waals surface area contributed by atoms with Crippen molar-refractivity contribution in [2.24, 2.45) is 0 Å². The van der Waals surface area contributed by atoms with Crippen LogP contribution in [0.2, 0.25) is 0 Å². The van der Waals surface area contributed by atoms with Crippen LogP contribution in [-0.4, -0.2) is 33.0 Å². The van der Waals surface area contributed by atoms with Gasteiger partial charge in [0.2, 0.25) is 11.8 Å². The third-order valence-corrected chi connectivity index (χ3v) is 3.48. The fourth-order valence-corrected chi connectivity index (χ4v) is 2.27. The van der Waals surface area contributed by atoms with E-state index in [2.05, 4.69) is 20.8 Å². The van der Waals surface area contributed by atoms with Gasteiger partial charge in [-0.15, -0.1) is 10.2 Å². The average Bonchev–Trinajstić information content (AvgIpc) is 3.02. The van der Waals surface area contributed by atoms with E-state index in [-0.39, 0.29) is 31.3 Å². The monoisotopic (exact) mass is 323 g/mol. The Morgan fingerprint density at radius 2 is 1.71 bits per heavy atom. The van der Waals surface area contributed by atoms with Crippen LogP contribution < -0.4 is 10.6 Å². The molecule has 0 bridgehead atoms. The molecule has 0 radical (unpaired) electrons. The van der Waals surface area contributed by atoms with Crippen LogP contribution in [0.1, 0.15) is 11.4 Å². The van der Waals surface area contributed by atoms with Crippen molar-refractivity contribution in [3.05, 3.63) is 66.1 Å². The molecule has 2 amide bonds. The molecule has 0 atom stereocenters. The maximum atomic E-state index is 11.8. The Kier molecular flexibility index (Phi) is 4.81. The maximum absolute atomic E-state index is 11.8. The minimum Gasteiger partial charge on any atom is -0.347 e. The Morgan fingerprint density at radius 1 is 0.917 bits per heavy atom. The molecule has 0 fully saturated rings. The quantitative estimate of drug-likeness (QED) is 0.699. The Hall–Kier alpha value is -3.22. The summed E-state index contributed by atoms with van der Waals surface area (Å²) in [7, 11) is 0.